The molecular weight excluding hydrogens is 242 g/mol. The average molecular weight is 261 g/mol. The second-order valence-electron chi connectivity index (χ2n) is 5.12. The van der Waals surface area contributed by atoms with Crippen LogP contribution < -0.4 is 9.47 Å². The summed E-state index contributed by atoms with van der Waals surface area (Å²) in [6.45, 7) is 4.56. The molecule has 2 rings (SSSR count). The highest BCUT2D eigenvalue weighted by Crippen LogP contribution is 2.32. The van der Waals surface area contributed by atoms with Crippen molar-refractivity contribution in [1.82, 2.24) is 0 Å². The summed E-state index contributed by atoms with van der Waals surface area (Å²) in [5.41, 5.74) is 0.988. The lowest BCUT2D eigenvalue weighted by atomic mass is 10.0. The summed E-state index contributed by atoms with van der Waals surface area (Å²) >= 11 is 0. The lowest BCUT2D eigenvalue weighted by molar-refractivity contribution is 0.174. The Morgan fingerprint density at radius 2 is 2.05 bits per heavy atom. The summed E-state index contributed by atoms with van der Waals surface area (Å²) in [6, 6.07) is 5.46. The highest BCUT2D eigenvalue weighted by Gasteiger charge is 2.12. The van der Waals surface area contributed by atoms with E-state index in [1.165, 1.54) is 0 Å². The van der Waals surface area contributed by atoms with Gasteiger partial charge in [-0.15, -0.1) is 0 Å². The number of hydrogen-bond donors (Lipinski definition) is 0. The fourth-order valence-corrected chi connectivity index (χ4v) is 1.93. The van der Waals surface area contributed by atoms with Gasteiger partial charge in [-0.1, -0.05) is 37.2 Å². The van der Waals surface area contributed by atoms with Crippen LogP contribution in [0, 0.1) is 10.8 Å². The number of rotatable bonds is 6. The molecule has 0 fully saturated rings. The predicted octanol–water partition coefficient (Wildman–Crippen LogP) is 4.00. The first-order chi connectivity index (χ1) is 9.19. The molecule has 0 spiro atoms. The van der Waals surface area contributed by atoms with Crippen LogP contribution in [0.5, 0.6) is 11.5 Å². The number of nitroso groups, excluding NO2 is 1. The Labute approximate surface area is 113 Å². The number of ether oxygens (including phenoxy) is 2. The molecule has 0 amide bonds. The topological polar surface area (TPSA) is 47.9 Å². The first-order valence-corrected chi connectivity index (χ1v) is 6.59. The monoisotopic (exact) mass is 261 g/mol. The van der Waals surface area contributed by atoms with Crippen molar-refractivity contribution in [3.8, 4) is 11.5 Å². The van der Waals surface area contributed by atoms with E-state index in [2.05, 4.69) is 19.0 Å². The molecule has 0 N–H and O–H groups in total. The molecule has 1 aromatic rings. The average Bonchev–Trinajstić information content (AvgIpc) is 2.86. The van der Waals surface area contributed by atoms with Crippen LogP contribution in [-0.2, 0) is 0 Å². The molecule has 0 saturated carbocycles. The van der Waals surface area contributed by atoms with Gasteiger partial charge in [0.15, 0.2) is 11.5 Å². The van der Waals surface area contributed by atoms with Gasteiger partial charge in [0.1, 0.15) is 6.04 Å². The first kappa shape index (κ1) is 13.6. The maximum Gasteiger partial charge on any atom is 0.231 e. The first-order valence-electron chi connectivity index (χ1n) is 6.59. The Hall–Kier alpha value is -1.84. The zero-order valence-corrected chi connectivity index (χ0v) is 11.3. The maximum atomic E-state index is 10.8. The Morgan fingerprint density at radius 3 is 2.79 bits per heavy atom. The van der Waals surface area contributed by atoms with E-state index in [4.69, 9.17) is 9.47 Å². The quantitative estimate of drug-likeness (QED) is 0.727. The lowest BCUT2D eigenvalue weighted by Crippen LogP contribution is -2.01. The van der Waals surface area contributed by atoms with Gasteiger partial charge < -0.3 is 9.47 Å². The van der Waals surface area contributed by atoms with Crippen LogP contribution in [0.4, 0.5) is 0 Å². The minimum absolute atomic E-state index is 0.257. The largest absolute Gasteiger partial charge is 0.454 e. The summed E-state index contributed by atoms with van der Waals surface area (Å²) in [4.78, 5) is 10.8. The van der Waals surface area contributed by atoms with Crippen LogP contribution in [0.1, 0.15) is 32.3 Å². The highest BCUT2D eigenvalue weighted by atomic mass is 16.7. The zero-order chi connectivity index (χ0) is 13.7. The van der Waals surface area contributed by atoms with Crippen LogP contribution >= 0.6 is 0 Å². The molecule has 1 aromatic carbocycles. The normalized spacial score (nSPS) is 15.1. The van der Waals surface area contributed by atoms with E-state index in [1.807, 2.05) is 30.4 Å². The van der Waals surface area contributed by atoms with Gasteiger partial charge in [-0.2, -0.15) is 4.91 Å². The molecule has 1 aliphatic heterocycles. The summed E-state index contributed by atoms with van der Waals surface area (Å²) < 4.78 is 10.6. The van der Waals surface area contributed by atoms with E-state index in [0.29, 0.717) is 5.92 Å². The minimum atomic E-state index is -0.257. The zero-order valence-electron chi connectivity index (χ0n) is 11.3. The van der Waals surface area contributed by atoms with E-state index >= 15 is 0 Å². The Morgan fingerprint density at radius 1 is 1.26 bits per heavy atom. The molecule has 0 aliphatic carbocycles. The molecule has 102 valence electrons. The minimum Gasteiger partial charge on any atom is -0.454 e. The van der Waals surface area contributed by atoms with E-state index in [-0.39, 0.29) is 12.8 Å². The molecule has 0 aromatic heterocycles. The molecule has 0 saturated heterocycles. The number of nitrogens with zero attached hydrogens (tertiary/aromatic N) is 1. The molecule has 0 bridgehead atoms. The van der Waals surface area contributed by atoms with Crippen molar-refractivity contribution in [3.63, 3.8) is 0 Å². The van der Waals surface area contributed by atoms with Crippen molar-refractivity contribution >= 4 is 6.08 Å². The Kier molecular flexibility index (Phi) is 4.55. The van der Waals surface area contributed by atoms with Gasteiger partial charge in [0, 0.05) is 0 Å². The Bertz CT molecular complexity index is 468. The van der Waals surface area contributed by atoms with Crippen molar-refractivity contribution in [2.75, 3.05) is 6.79 Å². The summed E-state index contributed by atoms with van der Waals surface area (Å²) in [5, 5.41) is 3.15. The maximum absolute atomic E-state index is 10.8. The van der Waals surface area contributed by atoms with Gasteiger partial charge in [0.2, 0.25) is 6.79 Å². The van der Waals surface area contributed by atoms with Crippen molar-refractivity contribution in [2.45, 2.75) is 32.7 Å². The number of hydrogen-bond acceptors (Lipinski definition) is 4. The molecule has 19 heavy (non-hydrogen) atoms. The molecule has 4 heteroatoms. The van der Waals surface area contributed by atoms with E-state index in [9.17, 15) is 4.91 Å². The van der Waals surface area contributed by atoms with Crippen LogP contribution in [0.15, 0.2) is 29.5 Å². The molecule has 1 aliphatic rings. The second-order valence-corrected chi connectivity index (χ2v) is 5.12. The van der Waals surface area contributed by atoms with Gasteiger partial charge in [0.05, 0.1) is 0 Å². The molecule has 1 unspecified atom stereocenters. The van der Waals surface area contributed by atoms with Crippen LogP contribution in [0.25, 0.3) is 6.08 Å². The molecular formula is C15H19NO3. The SMILES string of the molecule is CC(C)CCC(C=Cc1ccc2c(c1)OCO2)N=O. The van der Waals surface area contributed by atoms with E-state index < -0.39 is 0 Å². The smallest absolute Gasteiger partial charge is 0.231 e. The van der Waals surface area contributed by atoms with E-state index in [1.54, 1.807) is 0 Å². The van der Waals surface area contributed by atoms with E-state index in [0.717, 1.165) is 29.9 Å². The third-order valence-corrected chi connectivity index (χ3v) is 3.08. The van der Waals surface area contributed by atoms with Gasteiger partial charge in [-0.3, -0.25) is 0 Å². The van der Waals surface area contributed by atoms with Gasteiger partial charge in [-0.25, -0.2) is 0 Å². The highest BCUT2D eigenvalue weighted by molar-refractivity contribution is 5.56. The molecule has 1 heterocycles. The van der Waals surface area contributed by atoms with Crippen LogP contribution in [0.3, 0.4) is 0 Å². The van der Waals surface area contributed by atoms with Crippen LogP contribution in [-0.4, -0.2) is 12.8 Å². The van der Waals surface area contributed by atoms with Gasteiger partial charge >= 0.3 is 0 Å². The van der Waals surface area contributed by atoms with Crippen molar-refractivity contribution < 1.29 is 9.47 Å². The lowest BCUT2D eigenvalue weighted by Gasteiger charge is -2.06. The Balaban J connectivity index is 1.98. The number of benzene rings is 1. The summed E-state index contributed by atoms with van der Waals surface area (Å²) in [5.74, 6) is 2.10. The predicted molar refractivity (Wildman–Crippen MR) is 75.3 cm³/mol. The van der Waals surface area contributed by atoms with Gasteiger partial charge in [-0.05, 0) is 36.5 Å². The van der Waals surface area contributed by atoms with Crippen molar-refractivity contribution in [1.29, 1.82) is 0 Å². The van der Waals surface area contributed by atoms with Gasteiger partial charge in [0.25, 0.3) is 0 Å². The fraction of sp³-hybridized carbons (Fsp3) is 0.467. The van der Waals surface area contributed by atoms with Crippen molar-refractivity contribution in [3.05, 3.63) is 34.7 Å². The number of fused-ring (bicyclic) bond motifs is 1. The second kappa shape index (κ2) is 6.36. The third kappa shape index (κ3) is 3.81. The van der Waals surface area contributed by atoms with Crippen molar-refractivity contribution in [2.24, 2.45) is 11.1 Å². The standard InChI is InChI=1S/C15H19NO3/c1-11(2)3-6-13(16-17)7-4-12-5-8-14-15(9-12)19-10-18-14/h4-5,7-9,11,13H,3,6,10H2,1-2H3. The molecule has 0 radical (unpaired) electrons. The summed E-state index contributed by atoms with van der Waals surface area (Å²) in [6.07, 6.45) is 5.56. The molecule has 4 nitrogen and oxygen atoms in total. The summed E-state index contributed by atoms with van der Waals surface area (Å²) in [7, 11) is 0. The molecule has 1 atom stereocenters. The third-order valence-electron chi connectivity index (χ3n) is 3.08. The van der Waals surface area contributed by atoms with Crippen LogP contribution in [0.2, 0.25) is 0 Å². The fourth-order valence-electron chi connectivity index (χ4n) is 1.93.